The predicted octanol–water partition coefficient (Wildman–Crippen LogP) is 3.95. The molecule has 4 rings (SSSR count). The molecule has 0 spiro atoms. The quantitative estimate of drug-likeness (QED) is 0.571. The highest BCUT2D eigenvalue weighted by atomic mass is 16.6. The predicted molar refractivity (Wildman–Crippen MR) is 98.2 cm³/mol. The van der Waals surface area contributed by atoms with Gasteiger partial charge in [-0.3, -0.25) is 10.1 Å². The van der Waals surface area contributed by atoms with Gasteiger partial charge in [-0.15, -0.1) is 0 Å². The molecule has 0 saturated heterocycles. The number of nitro groups is 1. The van der Waals surface area contributed by atoms with E-state index in [0.717, 1.165) is 12.0 Å². The molecule has 0 fully saturated rings. The first-order valence-electron chi connectivity index (χ1n) is 8.50. The van der Waals surface area contributed by atoms with E-state index >= 15 is 0 Å². The number of non-ortho nitro benzene ring substituents is 1. The summed E-state index contributed by atoms with van der Waals surface area (Å²) in [5.74, 6) is 0.677. The van der Waals surface area contributed by atoms with Crippen molar-refractivity contribution >= 4 is 11.6 Å². The maximum absolute atomic E-state index is 11.1. The van der Waals surface area contributed by atoms with E-state index in [1.54, 1.807) is 16.8 Å². The summed E-state index contributed by atoms with van der Waals surface area (Å²) < 4.78 is 1.80. The van der Waals surface area contributed by atoms with Crippen LogP contribution in [0.1, 0.15) is 40.8 Å². The fraction of sp³-hybridized carbons (Fsp3) is 0.263. The molecule has 7 heteroatoms. The zero-order valence-electron chi connectivity index (χ0n) is 14.6. The van der Waals surface area contributed by atoms with Gasteiger partial charge in [0, 0.05) is 12.1 Å². The Balaban J connectivity index is 1.74. The zero-order chi connectivity index (χ0) is 18.3. The molecule has 7 nitrogen and oxygen atoms in total. The molecule has 0 bridgehead atoms. The first-order chi connectivity index (χ1) is 12.5. The molecular formula is C19H19N5O2. The van der Waals surface area contributed by atoms with Crippen LogP contribution in [0.4, 0.5) is 11.6 Å². The van der Waals surface area contributed by atoms with E-state index in [2.05, 4.69) is 47.4 Å². The van der Waals surface area contributed by atoms with E-state index in [1.807, 2.05) is 6.07 Å². The first-order valence-corrected chi connectivity index (χ1v) is 8.50. The SMILES string of the molecule is Cc1ccc([C@@H]2C[C@@H](c3cccc([N+](=O)[O-])c3)n3ncnc3N2)cc1C. The molecule has 1 aliphatic heterocycles. The Kier molecular flexibility index (Phi) is 3.91. The van der Waals surface area contributed by atoms with E-state index < -0.39 is 0 Å². The number of nitrogens with one attached hydrogen (secondary N) is 1. The summed E-state index contributed by atoms with van der Waals surface area (Å²) in [7, 11) is 0. The molecule has 2 heterocycles. The van der Waals surface area contributed by atoms with Gasteiger partial charge in [0.15, 0.2) is 0 Å². The molecule has 3 aromatic rings. The highest BCUT2D eigenvalue weighted by Crippen LogP contribution is 2.38. The lowest BCUT2D eigenvalue weighted by Crippen LogP contribution is -2.28. The van der Waals surface area contributed by atoms with E-state index in [1.165, 1.54) is 29.1 Å². The molecule has 1 N–H and O–H groups in total. The van der Waals surface area contributed by atoms with Gasteiger partial charge in [-0.05, 0) is 42.5 Å². The third-order valence-electron chi connectivity index (χ3n) is 5.03. The topological polar surface area (TPSA) is 85.9 Å². The number of aromatic nitrogens is 3. The number of aryl methyl sites for hydroxylation is 2. The molecule has 0 amide bonds. The van der Waals surface area contributed by atoms with E-state index in [4.69, 9.17) is 0 Å². The van der Waals surface area contributed by atoms with Gasteiger partial charge in [0.25, 0.3) is 5.69 Å². The lowest BCUT2D eigenvalue weighted by Gasteiger charge is -2.32. The summed E-state index contributed by atoms with van der Waals surface area (Å²) >= 11 is 0. The lowest BCUT2D eigenvalue weighted by molar-refractivity contribution is -0.384. The maximum atomic E-state index is 11.1. The molecule has 0 aliphatic carbocycles. The largest absolute Gasteiger partial charge is 0.348 e. The summed E-state index contributed by atoms with van der Waals surface area (Å²) in [6.07, 6.45) is 2.25. The number of benzene rings is 2. The first kappa shape index (κ1) is 16.3. The Morgan fingerprint density at radius 1 is 1.15 bits per heavy atom. The van der Waals surface area contributed by atoms with Crippen LogP contribution in [0.5, 0.6) is 0 Å². The van der Waals surface area contributed by atoms with Gasteiger partial charge >= 0.3 is 0 Å². The van der Waals surface area contributed by atoms with E-state index in [0.29, 0.717) is 5.95 Å². The second-order valence-corrected chi connectivity index (χ2v) is 6.67. The molecule has 2 aromatic carbocycles. The molecule has 1 aliphatic rings. The third kappa shape index (κ3) is 2.81. The average Bonchev–Trinajstić information content (AvgIpc) is 3.12. The zero-order valence-corrected chi connectivity index (χ0v) is 14.6. The lowest BCUT2D eigenvalue weighted by atomic mass is 9.92. The van der Waals surface area contributed by atoms with Crippen molar-refractivity contribution in [2.24, 2.45) is 0 Å². The minimum Gasteiger partial charge on any atom is -0.348 e. The van der Waals surface area contributed by atoms with Gasteiger partial charge in [-0.1, -0.05) is 30.3 Å². The number of hydrogen-bond acceptors (Lipinski definition) is 5. The van der Waals surface area contributed by atoms with Gasteiger partial charge in [-0.25, -0.2) is 4.68 Å². The smallest absolute Gasteiger partial charge is 0.269 e. The van der Waals surface area contributed by atoms with Crippen molar-refractivity contribution < 1.29 is 4.92 Å². The number of anilines is 1. The van der Waals surface area contributed by atoms with Crippen LogP contribution in [-0.2, 0) is 0 Å². The molecule has 1 aromatic heterocycles. The highest BCUT2D eigenvalue weighted by Gasteiger charge is 2.30. The van der Waals surface area contributed by atoms with Crippen LogP contribution in [0.2, 0.25) is 0 Å². The van der Waals surface area contributed by atoms with Crippen LogP contribution in [0.15, 0.2) is 48.8 Å². The minimum absolute atomic E-state index is 0.0651. The number of fused-ring (bicyclic) bond motifs is 1. The van der Waals surface area contributed by atoms with Crippen LogP contribution < -0.4 is 5.32 Å². The summed E-state index contributed by atoms with van der Waals surface area (Å²) in [6, 6.07) is 13.1. The van der Waals surface area contributed by atoms with Crippen LogP contribution in [0.3, 0.4) is 0 Å². The number of hydrogen-bond donors (Lipinski definition) is 1. The summed E-state index contributed by atoms with van der Waals surface area (Å²) in [5.41, 5.74) is 4.62. The molecule has 132 valence electrons. The summed E-state index contributed by atoms with van der Waals surface area (Å²) in [4.78, 5) is 15.1. The highest BCUT2D eigenvalue weighted by molar-refractivity contribution is 5.42. The Labute approximate surface area is 150 Å². The summed E-state index contributed by atoms with van der Waals surface area (Å²) in [6.45, 7) is 4.19. The van der Waals surface area contributed by atoms with Gasteiger partial charge in [0.05, 0.1) is 17.0 Å². The number of rotatable bonds is 3. The average molecular weight is 349 g/mol. The van der Waals surface area contributed by atoms with Crippen molar-refractivity contribution in [3.05, 3.63) is 81.2 Å². The maximum Gasteiger partial charge on any atom is 0.269 e. The summed E-state index contributed by atoms with van der Waals surface area (Å²) in [5, 5.41) is 18.9. The Morgan fingerprint density at radius 3 is 2.77 bits per heavy atom. The van der Waals surface area contributed by atoms with Crippen molar-refractivity contribution in [3.63, 3.8) is 0 Å². The number of nitro benzene ring substituents is 1. The molecule has 0 unspecified atom stereocenters. The Hall–Kier alpha value is -3.22. The standard InChI is InChI=1S/C19H19N5O2/c1-12-6-7-14(8-13(12)2)17-10-18(23-19(22-17)20-11-21-23)15-4-3-5-16(9-15)24(25)26/h3-9,11,17-18H,10H2,1-2H3,(H,20,21,22)/t17-,18-/m0/s1. The van der Waals surface area contributed by atoms with Gasteiger partial charge in [-0.2, -0.15) is 10.1 Å². The molecular weight excluding hydrogens is 330 g/mol. The van der Waals surface area contributed by atoms with Crippen LogP contribution in [0, 0.1) is 24.0 Å². The Bertz CT molecular complexity index is 982. The van der Waals surface area contributed by atoms with Crippen molar-refractivity contribution in [2.75, 3.05) is 5.32 Å². The second-order valence-electron chi connectivity index (χ2n) is 6.67. The van der Waals surface area contributed by atoms with Crippen molar-refractivity contribution in [1.82, 2.24) is 14.8 Å². The van der Waals surface area contributed by atoms with Crippen molar-refractivity contribution in [1.29, 1.82) is 0 Å². The fourth-order valence-electron chi connectivity index (χ4n) is 3.44. The molecule has 0 saturated carbocycles. The van der Waals surface area contributed by atoms with Crippen LogP contribution in [0.25, 0.3) is 0 Å². The van der Waals surface area contributed by atoms with Crippen molar-refractivity contribution in [3.8, 4) is 0 Å². The molecule has 26 heavy (non-hydrogen) atoms. The molecule has 2 atom stereocenters. The molecule has 0 radical (unpaired) electrons. The van der Waals surface area contributed by atoms with Crippen LogP contribution >= 0.6 is 0 Å². The van der Waals surface area contributed by atoms with Gasteiger partial charge in [0.2, 0.25) is 5.95 Å². The Morgan fingerprint density at radius 2 is 2.00 bits per heavy atom. The number of nitrogens with zero attached hydrogens (tertiary/aromatic N) is 4. The normalized spacial score (nSPS) is 18.8. The monoisotopic (exact) mass is 349 g/mol. The third-order valence-corrected chi connectivity index (χ3v) is 5.03. The second kappa shape index (κ2) is 6.25. The van der Waals surface area contributed by atoms with Gasteiger partial charge in [0.1, 0.15) is 6.33 Å². The van der Waals surface area contributed by atoms with Crippen LogP contribution in [-0.4, -0.2) is 19.7 Å². The van der Waals surface area contributed by atoms with Crippen molar-refractivity contribution in [2.45, 2.75) is 32.4 Å². The van der Waals surface area contributed by atoms with Gasteiger partial charge < -0.3 is 5.32 Å². The van der Waals surface area contributed by atoms with E-state index in [-0.39, 0.29) is 22.7 Å². The minimum atomic E-state index is -0.367. The fourth-order valence-corrected chi connectivity index (χ4v) is 3.44. The van der Waals surface area contributed by atoms with E-state index in [9.17, 15) is 10.1 Å².